The van der Waals surface area contributed by atoms with Gasteiger partial charge in [0.1, 0.15) is 5.75 Å². The van der Waals surface area contributed by atoms with E-state index in [1.807, 2.05) is 25.1 Å². The van der Waals surface area contributed by atoms with Gasteiger partial charge in [0.05, 0.1) is 12.9 Å². The van der Waals surface area contributed by atoms with Crippen LogP contribution >= 0.6 is 35.6 Å². The zero-order valence-electron chi connectivity index (χ0n) is 17.3. The molecule has 0 bridgehead atoms. The van der Waals surface area contributed by atoms with Crippen LogP contribution in [0, 0.1) is 0 Å². The van der Waals surface area contributed by atoms with Gasteiger partial charge in [-0.15, -0.1) is 24.0 Å². The SMILES string of the molecule is CCCS(=O)(=O)N1CCC(NC(=NC)NCCc2ccc(OC)cc2Cl)CC1.I. The first-order valence-electron chi connectivity index (χ1n) is 9.67. The lowest BCUT2D eigenvalue weighted by Gasteiger charge is -2.32. The Labute approximate surface area is 196 Å². The van der Waals surface area contributed by atoms with E-state index in [4.69, 9.17) is 16.3 Å². The van der Waals surface area contributed by atoms with E-state index in [-0.39, 0.29) is 35.8 Å². The van der Waals surface area contributed by atoms with Gasteiger partial charge in [-0.1, -0.05) is 24.6 Å². The largest absolute Gasteiger partial charge is 0.497 e. The second-order valence-corrected chi connectivity index (χ2v) is 9.34. The molecule has 0 atom stereocenters. The Morgan fingerprint density at radius 3 is 2.59 bits per heavy atom. The maximum Gasteiger partial charge on any atom is 0.214 e. The molecule has 1 fully saturated rings. The summed E-state index contributed by atoms with van der Waals surface area (Å²) in [6.45, 7) is 3.69. The first-order valence-corrected chi connectivity index (χ1v) is 11.7. The normalized spacial score (nSPS) is 16.2. The summed E-state index contributed by atoms with van der Waals surface area (Å²) in [5.74, 6) is 1.69. The van der Waals surface area contributed by atoms with Crippen LogP contribution in [0.1, 0.15) is 31.7 Å². The number of benzene rings is 1. The van der Waals surface area contributed by atoms with Gasteiger partial charge in [-0.2, -0.15) is 0 Å². The molecule has 0 radical (unpaired) electrons. The fourth-order valence-electron chi connectivity index (χ4n) is 3.23. The van der Waals surface area contributed by atoms with Crippen molar-refractivity contribution in [1.82, 2.24) is 14.9 Å². The molecule has 0 spiro atoms. The van der Waals surface area contributed by atoms with Gasteiger partial charge in [-0.25, -0.2) is 12.7 Å². The van der Waals surface area contributed by atoms with Crippen molar-refractivity contribution in [2.75, 3.05) is 39.5 Å². The monoisotopic (exact) mass is 558 g/mol. The highest BCUT2D eigenvalue weighted by Crippen LogP contribution is 2.22. The fourth-order valence-corrected chi connectivity index (χ4v) is 5.03. The maximum atomic E-state index is 12.2. The van der Waals surface area contributed by atoms with Gasteiger partial charge < -0.3 is 15.4 Å². The molecule has 0 aromatic heterocycles. The zero-order chi connectivity index (χ0) is 20.6. The summed E-state index contributed by atoms with van der Waals surface area (Å²) in [5.41, 5.74) is 1.04. The molecule has 0 saturated carbocycles. The molecule has 2 rings (SSSR count). The minimum absolute atomic E-state index is 0. The molecule has 1 heterocycles. The molecule has 7 nitrogen and oxygen atoms in total. The Balaban J connectivity index is 0.00000420. The van der Waals surface area contributed by atoms with Crippen molar-refractivity contribution in [3.05, 3.63) is 28.8 Å². The highest BCUT2D eigenvalue weighted by atomic mass is 127. The van der Waals surface area contributed by atoms with Crippen molar-refractivity contribution in [2.24, 2.45) is 4.99 Å². The molecule has 10 heteroatoms. The average molecular weight is 559 g/mol. The lowest BCUT2D eigenvalue weighted by Crippen LogP contribution is -2.50. The first kappa shape index (κ1) is 26.3. The number of sulfonamides is 1. The number of nitrogens with one attached hydrogen (secondary N) is 2. The molecule has 29 heavy (non-hydrogen) atoms. The molecule has 1 aromatic carbocycles. The van der Waals surface area contributed by atoms with E-state index >= 15 is 0 Å². The summed E-state index contributed by atoms with van der Waals surface area (Å²) in [4.78, 5) is 4.27. The van der Waals surface area contributed by atoms with Crippen molar-refractivity contribution in [3.8, 4) is 5.75 Å². The topological polar surface area (TPSA) is 83.0 Å². The van der Waals surface area contributed by atoms with Gasteiger partial charge in [0.15, 0.2) is 5.96 Å². The number of methoxy groups -OCH3 is 1. The number of hydrogen-bond acceptors (Lipinski definition) is 4. The van der Waals surface area contributed by atoms with E-state index in [1.165, 1.54) is 0 Å². The van der Waals surface area contributed by atoms with E-state index in [0.29, 0.717) is 31.1 Å². The molecule has 0 unspecified atom stereocenters. The van der Waals surface area contributed by atoms with Crippen LogP contribution in [0.3, 0.4) is 0 Å². The number of aliphatic imine (C=N–C) groups is 1. The minimum Gasteiger partial charge on any atom is -0.497 e. The fraction of sp³-hybridized carbons (Fsp3) is 0.632. The van der Waals surface area contributed by atoms with Crippen molar-refractivity contribution in [2.45, 2.75) is 38.6 Å². The Kier molecular flexibility index (Phi) is 11.6. The number of guanidine groups is 1. The summed E-state index contributed by atoms with van der Waals surface area (Å²) in [6.07, 6.45) is 2.95. The van der Waals surface area contributed by atoms with Gasteiger partial charge in [-0.3, -0.25) is 4.99 Å². The zero-order valence-corrected chi connectivity index (χ0v) is 21.2. The standard InChI is InChI=1S/C19H31ClN4O3S.HI/c1-4-13-28(25,26)24-11-8-16(9-12-24)23-19(21-2)22-10-7-15-5-6-17(27-3)14-18(15)20;/h5-6,14,16H,4,7-13H2,1-3H3,(H2,21,22,23);1H. The molecule has 2 N–H and O–H groups in total. The van der Waals surface area contributed by atoms with Crippen LogP contribution in [-0.2, 0) is 16.4 Å². The second kappa shape index (κ2) is 12.8. The summed E-state index contributed by atoms with van der Waals surface area (Å²) in [5, 5.41) is 7.38. The highest BCUT2D eigenvalue weighted by Gasteiger charge is 2.27. The smallest absolute Gasteiger partial charge is 0.214 e. The van der Waals surface area contributed by atoms with E-state index in [0.717, 1.165) is 36.5 Å². The molecule has 1 saturated heterocycles. The number of piperidine rings is 1. The second-order valence-electron chi connectivity index (χ2n) is 6.84. The third-order valence-electron chi connectivity index (χ3n) is 4.82. The van der Waals surface area contributed by atoms with Crippen LogP contribution < -0.4 is 15.4 Å². The number of ether oxygens (including phenoxy) is 1. The van der Waals surface area contributed by atoms with Crippen LogP contribution in [0.2, 0.25) is 5.02 Å². The van der Waals surface area contributed by atoms with Crippen molar-refractivity contribution in [1.29, 1.82) is 0 Å². The lowest BCUT2D eigenvalue weighted by atomic mass is 10.1. The molecular weight excluding hydrogens is 527 g/mol. The van der Waals surface area contributed by atoms with Crippen molar-refractivity contribution >= 4 is 51.6 Å². The van der Waals surface area contributed by atoms with Gasteiger partial charge in [0, 0.05) is 37.7 Å². The van der Waals surface area contributed by atoms with E-state index in [9.17, 15) is 8.42 Å². The third-order valence-corrected chi connectivity index (χ3v) is 7.25. The average Bonchev–Trinajstić information content (AvgIpc) is 2.68. The summed E-state index contributed by atoms with van der Waals surface area (Å²) >= 11 is 6.28. The van der Waals surface area contributed by atoms with Crippen molar-refractivity contribution in [3.63, 3.8) is 0 Å². The first-order chi connectivity index (χ1) is 13.4. The Hall–Kier alpha value is -0.780. The van der Waals surface area contributed by atoms with Crippen LogP contribution in [0.4, 0.5) is 0 Å². The van der Waals surface area contributed by atoms with Crippen molar-refractivity contribution < 1.29 is 13.2 Å². The lowest BCUT2D eigenvalue weighted by molar-refractivity contribution is 0.306. The number of halogens is 2. The van der Waals surface area contributed by atoms with Crippen LogP contribution in [0.25, 0.3) is 0 Å². The van der Waals surface area contributed by atoms with Gasteiger partial charge in [0.2, 0.25) is 10.0 Å². The summed E-state index contributed by atoms with van der Waals surface area (Å²) in [6, 6.07) is 5.88. The molecule has 1 aromatic rings. The van der Waals surface area contributed by atoms with E-state index in [2.05, 4.69) is 15.6 Å². The van der Waals surface area contributed by atoms with Crippen LogP contribution in [0.5, 0.6) is 5.75 Å². The number of hydrogen-bond donors (Lipinski definition) is 2. The summed E-state index contributed by atoms with van der Waals surface area (Å²) in [7, 11) is 0.243. The molecule has 166 valence electrons. The minimum atomic E-state index is -3.11. The number of rotatable bonds is 8. The Morgan fingerprint density at radius 1 is 1.34 bits per heavy atom. The molecule has 1 aliphatic heterocycles. The van der Waals surface area contributed by atoms with Crippen LogP contribution in [0.15, 0.2) is 23.2 Å². The van der Waals surface area contributed by atoms with E-state index < -0.39 is 10.0 Å². The van der Waals surface area contributed by atoms with Gasteiger partial charge in [0.25, 0.3) is 0 Å². The number of nitrogens with zero attached hydrogens (tertiary/aromatic N) is 2. The quantitative estimate of drug-likeness (QED) is 0.291. The Bertz CT molecular complexity index is 769. The third kappa shape index (κ3) is 8.10. The predicted molar refractivity (Wildman–Crippen MR) is 130 cm³/mol. The maximum absolute atomic E-state index is 12.2. The Morgan fingerprint density at radius 2 is 2.03 bits per heavy atom. The van der Waals surface area contributed by atoms with Gasteiger partial charge >= 0.3 is 0 Å². The highest BCUT2D eigenvalue weighted by molar-refractivity contribution is 14.0. The van der Waals surface area contributed by atoms with Gasteiger partial charge in [-0.05, 0) is 43.4 Å². The summed E-state index contributed by atoms with van der Waals surface area (Å²) < 4.78 is 31.1. The molecule has 1 aliphatic rings. The van der Waals surface area contributed by atoms with E-state index in [1.54, 1.807) is 18.5 Å². The molecule has 0 aliphatic carbocycles. The predicted octanol–water partition coefficient (Wildman–Crippen LogP) is 2.88. The molecule has 0 amide bonds. The molecular formula is C19H32ClIN4O3S. The van der Waals surface area contributed by atoms with Crippen LogP contribution in [-0.4, -0.2) is 64.3 Å².